The molecule has 1 heterocycles. The predicted octanol–water partition coefficient (Wildman–Crippen LogP) is 2.77. The zero-order valence-electron chi connectivity index (χ0n) is 17.9. The van der Waals surface area contributed by atoms with Crippen LogP contribution < -0.4 is 24.8 Å². The molecule has 8 heteroatoms. The van der Waals surface area contributed by atoms with Crippen LogP contribution in [0.3, 0.4) is 0 Å². The molecule has 0 bridgehead atoms. The zero-order chi connectivity index (χ0) is 22.2. The van der Waals surface area contributed by atoms with Crippen molar-refractivity contribution in [2.75, 3.05) is 20.3 Å². The van der Waals surface area contributed by atoms with E-state index in [-0.39, 0.29) is 36.7 Å². The van der Waals surface area contributed by atoms with E-state index in [1.165, 1.54) is 0 Å². The number of hydrogen-bond donors (Lipinski definition) is 2. The lowest BCUT2D eigenvalue weighted by atomic mass is 10.0. The number of benzene rings is 2. The first-order chi connectivity index (χ1) is 15.0. The molecule has 0 saturated heterocycles. The number of nitrogens with zero attached hydrogens (tertiary/aromatic N) is 1. The Bertz CT molecular complexity index is 956. The van der Waals surface area contributed by atoms with Crippen LogP contribution in [-0.2, 0) is 16.0 Å². The highest BCUT2D eigenvalue weighted by Gasteiger charge is 2.23. The Hall–Kier alpha value is -3.55. The Kier molecular flexibility index (Phi) is 7.48. The monoisotopic (exact) mass is 425 g/mol. The first-order valence-corrected chi connectivity index (χ1v) is 10.2. The van der Waals surface area contributed by atoms with E-state index in [0.717, 1.165) is 16.9 Å². The number of ether oxygens (including phenoxy) is 3. The second-order valence-corrected chi connectivity index (χ2v) is 6.89. The van der Waals surface area contributed by atoms with Crippen LogP contribution in [0.15, 0.2) is 47.5 Å². The summed E-state index contributed by atoms with van der Waals surface area (Å²) in [5.41, 5.74) is 1.63. The molecule has 1 aliphatic heterocycles. The summed E-state index contributed by atoms with van der Waals surface area (Å²) in [6.07, 6.45) is 0.316. The summed E-state index contributed by atoms with van der Waals surface area (Å²) >= 11 is 0. The van der Waals surface area contributed by atoms with Gasteiger partial charge in [-0.1, -0.05) is 18.2 Å². The molecular weight excluding hydrogens is 398 g/mol. The largest absolute Gasteiger partial charge is 0.497 e. The number of rotatable bonds is 8. The van der Waals surface area contributed by atoms with Crippen LogP contribution >= 0.6 is 0 Å². The average molecular weight is 425 g/mol. The van der Waals surface area contributed by atoms with Crippen molar-refractivity contribution < 1.29 is 23.8 Å². The van der Waals surface area contributed by atoms with Crippen molar-refractivity contribution >= 4 is 17.8 Å². The summed E-state index contributed by atoms with van der Waals surface area (Å²) in [5.74, 6) is 1.62. The maximum absolute atomic E-state index is 12.6. The molecule has 0 aliphatic carbocycles. The molecule has 0 aromatic heterocycles. The zero-order valence-corrected chi connectivity index (χ0v) is 17.9. The smallest absolute Gasteiger partial charge is 0.231 e. The molecule has 2 N–H and O–H groups in total. The number of nitrogens with one attached hydrogen (secondary N) is 2. The van der Waals surface area contributed by atoms with Crippen LogP contribution in [0.5, 0.6) is 17.2 Å². The quantitative estimate of drug-likeness (QED) is 0.678. The first kappa shape index (κ1) is 22.1. The van der Waals surface area contributed by atoms with Crippen molar-refractivity contribution in [2.24, 2.45) is 4.99 Å². The highest BCUT2D eigenvalue weighted by atomic mass is 16.5. The van der Waals surface area contributed by atoms with Crippen LogP contribution in [0.2, 0.25) is 0 Å². The molecule has 0 unspecified atom stereocenters. The van der Waals surface area contributed by atoms with Crippen molar-refractivity contribution in [3.05, 3.63) is 53.6 Å². The molecule has 164 valence electrons. The summed E-state index contributed by atoms with van der Waals surface area (Å²) < 4.78 is 16.3. The van der Waals surface area contributed by atoms with E-state index in [1.807, 2.05) is 44.2 Å². The molecule has 3 rings (SSSR count). The Balaban J connectivity index is 1.69. The number of aliphatic imine (C=N–C) groups is 1. The lowest BCUT2D eigenvalue weighted by Crippen LogP contribution is -2.47. The SMILES string of the molecule is CCOc1ccc(CC(=O)NC2=N[C@@H](c3ccc(OC)cc3)CC(=O)N2)cc1OCC. The van der Waals surface area contributed by atoms with Gasteiger partial charge in [0.15, 0.2) is 11.5 Å². The van der Waals surface area contributed by atoms with Gasteiger partial charge in [-0.05, 0) is 49.2 Å². The van der Waals surface area contributed by atoms with Gasteiger partial charge in [-0.3, -0.25) is 20.2 Å². The second kappa shape index (κ2) is 10.5. The van der Waals surface area contributed by atoms with Crippen LogP contribution in [0.4, 0.5) is 0 Å². The van der Waals surface area contributed by atoms with Crippen LogP contribution in [0.25, 0.3) is 0 Å². The van der Waals surface area contributed by atoms with Gasteiger partial charge in [0.1, 0.15) is 5.75 Å². The molecule has 2 aromatic rings. The van der Waals surface area contributed by atoms with Crippen molar-refractivity contribution in [1.82, 2.24) is 10.6 Å². The molecule has 0 saturated carbocycles. The standard InChI is InChI=1S/C23H27N3O5/c1-4-30-19-11-6-15(12-20(19)31-5-2)13-21(27)25-23-24-18(14-22(28)26-23)16-7-9-17(29-3)10-8-16/h6-12,18H,4-5,13-14H2,1-3H3,(H2,24,25,26,27,28)/t18-/m1/s1. The fourth-order valence-corrected chi connectivity index (χ4v) is 3.24. The first-order valence-electron chi connectivity index (χ1n) is 10.2. The highest BCUT2D eigenvalue weighted by molar-refractivity contribution is 6.06. The third-order valence-electron chi connectivity index (χ3n) is 4.65. The lowest BCUT2D eigenvalue weighted by molar-refractivity contribution is -0.120. The van der Waals surface area contributed by atoms with E-state index < -0.39 is 0 Å². The normalized spacial score (nSPS) is 15.5. The van der Waals surface area contributed by atoms with Gasteiger partial charge in [0.25, 0.3) is 0 Å². The van der Waals surface area contributed by atoms with Crippen LogP contribution in [-0.4, -0.2) is 38.1 Å². The minimum absolute atomic E-state index is 0.106. The maximum Gasteiger partial charge on any atom is 0.231 e. The van der Waals surface area contributed by atoms with Crippen LogP contribution in [0.1, 0.15) is 37.4 Å². The summed E-state index contributed by atoms with van der Waals surface area (Å²) in [6.45, 7) is 4.80. The fraction of sp³-hybridized carbons (Fsp3) is 0.348. The van der Waals surface area contributed by atoms with E-state index in [9.17, 15) is 9.59 Å². The molecule has 0 radical (unpaired) electrons. The van der Waals surface area contributed by atoms with Gasteiger partial charge >= 0.3 is 0 Å². The minimum Gasteiger partial charge on any atom is -0.497 e. The number of methoxy groups -OCH3 is 1. The molecular formula is C23H27N3O5. The van der Waals surface area contributed by atoms with Crippen molar-refractivity contribution in [3.63, 3.8) is 0 Å². The maximum atomic E-state index is 12.6. The molecule has 1 aliphatic rings. The predicted molar refractivity (Wildman–Crippen MR) is 117 cm³/mol. The van der Waals surface area contributed by atoms with E-state index in [0.29, 0.717) is 24.7 Å². The average Bonchev–Trinajstić information content (AvgIpc) is 2.75. The van der Waals surface area contributed by atoms with Gasteiger partial charge in [0.2, 0.25) is 17.8 Å². The summed E-state index contributed by atoms with van der Waals surface area (Å²) in [7, 11) is 1.59. The molecule has 0 fully saturated rings. The van der Waals surface area contributed by atoms with E-state index in [4.69, 9.17) is 14.2 Å². The number of hydrogen-bond acceptors (Lipinski definition) is 6. The Labute approximate surface area is 181 Å². The van der Waals surface area contributed by atoms with Gasteiger partial charge in [-0.25, -0.2) is 4.99 Å². The van der Waals surface area contributed by atoms with Crippen molar-refractivity contribution in [1.29, 1.82) is 0 Å². The topological polar surface area (TPSA) is 98.3 Å². The molecule has 0 spiro atoms. The lowest BCUT2D eigenvalue weighted by Gasteiger charge is -2.21. The van der Waals surface area contributed by atoms with Gasteiger partial charge in [0.05, 0.1) is 39.2 Å². The third-order valence-corrected chi connectivity index (χ3v) is 4.65. The number of carbonyl (C=O) groups is 2. The molecule has 1 atom stereocenters. The van der Waals surface area contributed by atoms with E-state index >= 15 is 0 Å². The van der Waals surface area contributed by atoms with Crippen LogP contribution in [0, 0.1) is 0 Å². The van der Waals surface area contributed by atoms with Gasteiger partial charge in [0, 0.05) is 0 Å². The third kappa shape index (κ3) is 5.97. The number of carbonyl (C=O) groups excluding carboxylic acids is 2. The van der Waals surface area contributed by atoms with Gasteiger partial charge in [-0.15, -0.1) is 0 Å². The van der Waals surface area contributed by atoms with E-state index in [1.54, 1.807) is 19.2 Å². The van der Waals surface area contributed by atoms with E-state index in [2.05, 4.69) is 15.6 Å². The molecule has 2 amide bonds. The van der Waals surface area contributed by atoms with Crippen molar-refractivity contribution in [2.45, 2.75) is 32.7 Å². The molecule has 31 heavy (non-hydrogen) atoms. The second-order valence-electron chi connectivity index (χ2n) is 6.89. The number of guanidine groups is 1. The number of amides is 2. The molecule has 8 nitrogen and oxygen atoms in total. The summed E-state index contributed by atoms with van der Waals surface area (Å²) in [5, 5.41) is 5.32. The van der Waals surface area contributed by atoms with Gasteiger partial charge < -0.3 is 14.2 Å². The van der Waals surface area contributed by atoms with Gasteiger partial charge in [-0.2, -0.15) is 0 Å². The minimum atomic E-state index is -0.370. The Morgan fingerprint density at radius 3 is 2.48 bits per heavy atom. The van der Waals surface area contributed by atoms with Crippen molar-refractivity contribution in [3.8, 4) is 17.2 Å². The Morgan fingerprint density at radius 2 is 1.81 bits per heavy atom. The Morgan fingerprint density at radius 1 is 1.10 bits per heavy atom. The summed E-state index contributed by atoms with van der Waals surface area (Å²) in [4.78, 5) is 29.2. The molecule has 2 aromatic carbocycles. The fourth-order valence-electron chi connectivity index (χ4n) is 3.24. The highest BCUT2D eigenvalue weighted by Crippen LogP contribution is 2.29. The summed E-state index contributed by atoms with van der Waals surface area (Å²) in [6, 6.07) is 12.4.